The average molecular weight is 297 g/mol. The maximum absolute atomic E-state index is 4.58. The molecule has 0 saturated carbocycles. The molecule has 0 aromatic carbocycles. The predicted molar refractivity (Wildman–Crippen MR) is 88.0 cm³/mol. The number of hydrogen-bond donors (Lipinski definition) is 0. The van der Waals surface area contributed by atoms with E-state index >= 15 is 0 Å². The summed E-state index contributed by atoms with van der Waals surface area (Å²) in [5, 5.41) is 0. The molecule has 3 heterocycles. The highest BCUT2D eigenvalue weighted by Crippen LogP contribution is 2.18. The van der Waals surface area contributed by atoms with Crippen LogP contribution in [0.25, 0.3) is 0 Å². The Hall–Kier alpha value is -2.01. The van der Waals surface area contributed by atoms with E-state index in [4.69, 9.17) is 0 Å². The van der Waals surface area contributed by atoms with Crippen molar-refractivity contribution in [2.24, 2.45) is 0 Å². The van der Waals surface area contributed by atoms with Gasteiger partial charge in [0.05, 0.1) is 0 Å². The van der Waals surface area contributed by atoms with Crippen molar-refractivity contribution in [2.75, 3.05) is 31.6 Å². The molecule has 0 aliphatic carbocycles. The number of hydrogen-bond acceptors (Lipinski definition) is 5. The Morgan fingerprint density at radius 1 is 1.23 bits per heavy atom. The molecular weight excluding hydrogens is 274 g/mol. The van der Waals surface area contributed by atoms with Crippen molar-refractivity contribution in [1.29, 1.82) is 0 Å². The Balaban J connectivity index is 1.52. The lowest BCUT2D eigenvalue weighted by molar-refractivity contribution is 0.336. The van der Waals surface area contributed by atoms with Crippen LogP contribution in [-0.2, 0) is 6.42 Å². The number of aromatic nitrogens is 3. The first kappa shape index (κ1) is 14.9. The van der Waals surface area contributed by atoms with E-state index in [0.29, 0.717) is 6.04 Å². The zero-order valence-electron chi connectivity index (χ0n) is 13.3. The summed E-state index contributed by atoms with van der Waals surface area (Å²) in [5.74, 6) is 0.815. The molecule has 0 bridgehead atoms. The Labute approximate surface area is 132 Å². The molecule has 5 heteroatoms. The van der Waals surface area contributed by atoms with E-state index in [2.05, 4.69) is 43.9 Å². The first-order chi connectivity index (χ1) is 10.7. The third-order valence-corrected chi connectivity index (χ3v) is 4.29. The van der Waals surface area contributed by atoms with Crippen LogP contribution < -0.4 is 4.90 Å². The second-order valence-electron chi connectivity index (χ2n) is 5.92. The van der Waals surface area contributed by atoms with Crippen LogP contribution in [0.2, 0.25) is 0 Å². The Morgan fingerprint density at radius 2 is 2.05 bits per heavy atom. The molecule has 22 heavy (non-hydrogen) atoms. The van der Waals surface area contributed by atoms with Gasteiger partial charge in [0.25, 0.3) is 0 Å². The molecule has 2 aromatic rings. The second kappa shape index (κ2) is 6.83. The van der Waals surface area contributed by atoms with E-state index in [1.165, 1.54) is 5.69 Å². The first-order valence-corrected chi connectivity index (χ1v) is 7.87. The smallest absolute Gasteiger partial charge is 0.225 e. The van der Waals surface area contributed by atoms with Gasteiger partial charge in [-0.05, 0) is 31.5 Å². The van der Waals surface area contributed by atoms with Crippen molar-refractivity contribution in [1.82, 2.24) is 19.9 Å². The van der Waals surface area contributed by atoms with Crippen molar-refractivity contribution >= 4 is 5.95 Å². The van der Waals surface area contributed by atoms with Gasteiger partial charge in [0.15, 0.2) is 0 Å². The van der Waals surface area contributed by atoms with Gasteiger partial charge in [0, 0.05) is 62.9 Å². The van der Waals surface area contributed by atoms with Gasteiger partial charge in [0.2, 0.25) is 5.95 Å². The molecular formula is C17H23N5. The van der Waals surface area contributed by atoms with Gasteiger partial charge < -0.3 is 9.80 Å². The Morgan fingerprint density at radius 3 is 2.82 bits per heavy atom. The number of likely N-dealkylation sites (N-methyl/N-ethyl adjacent to an activating group) is 1. The molecule has 0 amide bonds. The lowest BCUT2D eigenvalue weighted by Gasteiger charge is -2.24. The maximum atomic E-state index is 4.58. The minimum atomic E-state index is 0.493. The summed E-state index contributed by atoms with van der Waals surface area (Å²) in [6, 6.07) is 8.60. The van der Waals surface area contributed by atoms with Gasteiger partial charge in [-0.3, -0.25) is 4.98 Å². The fraction of sp³-hybridized carbons (Fsp3) is 0.471. The fourth-order valence-corrected chi connectivity index (χ4v) is 2.98. The van der Waals surface area contributed by atoms with E-state index in [1.54, 1.807) is 12.4 Å². The third-order valence-electron chi connectivity index (χ3n) is 4.29. The standard InChI is InChI=1S/C17H23N5/c1-14-5-3-6-15(20-14)7-11-22-12-8-16(13-22)21(2)17-18-9-4-10-19-17/h3-6,9-10,16H,7-8,11-13H2,1-2H3. The number of aryl methyl sites for hydroxylation is 1. The molecule has 0 spiro atoms. The minimum absolute atomic E-state index is 0.493. The molecule has 1 aliphatic heterocycles. The highest BCUT2D eigenvalue weighted by molar-refractivity contribution is 5.29. The predicted octanol–water partition coefficient (Wildman–Crippen LogP) is 1.93. The normalized spacial score (nSPS) is 18.5. The summed E-state index contributed by atoms with van der Waals surface area (Å²) in [4.78, 5) is 18.0. The van der Waals surface area contributed by atoms with Crippen LogP contribution in [0.15, 0.2) is 36.7 Å². The summed E-state index contributed by atoms with van der Waals surface area (Å²) in [6.07, 6.45) is 5.78. The van der Waals surface area contributed by atoms with Crippen molar-refractivity contribution in [3.63, 3.8) is 0 Å². The maximum Gasteiger partial charge on any atom is 0.225 e. The van der Waals surface area contributed by atoms with Crippen LogP contribution in [0.1, 0.15) is 17.8 Å². The van der Waals surface area contributed by atoms with Crippen molar-refractivity contribution < 1.29 is 0 Å². The number of anilines is 1. The molecule has 5 nitrogen and oxygen atoms in total. The highest BCUT2D eigenvalue weighted by atomic mass is 15.3. The summed E-state index contributed by atoms with van der Waals surface area (Å²) in [6.45, 7) is 5.31. The molecule has 116 valence electrons. The zero-order valence-corrected chi connectivity index (χ0v) is 13.3. The van der Waals surface area contributed by atoms with Crippen LogP contribution in [0.5, 0.6) is 0 Å². The molecule has 3 rings (SSSR count). The summed E-state index contributed by atoms with van der Waals surface area (Å²) in [7, 11) is 2.09. The van der Waals surface area contributed by atoms with Crippen molar-refractivity contribution in [3.8, 4) is 0 Å². The molecule has 1 atom stereocenters. The lowest BCUT2D eigenvalue weighted by atomic mass is 10.2. The lowest BCUT2D eigenvalue weighted by Crippen LogP contribution is -2.36. The van der Waals surface area contributed by atoms with Gasteiger partial charge in [-0.25, -0.2) is 9.97 Å². The zero-order chi connectivity index (χ0) is 15.4. The number of rotatable bonds is 5. The Bertz CT molecular complexity index is 601. The average Bonchev–Trinajstić information content (AvgIpc) is 3.02. The number of nitrogens with zero attached hydrogens (tertiary/aromatic N) is 5. The molecule has 2 aromatic heterocycles. The van der Waals surface area contributed by atoms with Gasteiger partial charge >= 0.3 is 0 Å². The third kappa shape index (κ3) is 3.60. The van der Waals surface area contributed by atoms with Crippen LogP contribution in [-0.4, -0.2) is 52.6 Å². The number of pyridine rings is 1. The summed E-state index contributed by atoms with van der Waals surface area (Å²) >= 11 is 0. The van der Waals surface area contributed by atoms with E-state index in [1.807, 2.05) is 19.1 Å². The van der Waals surface area contributed by atoms with Gasteiger partial charge in [0.1, 0.15) is 0 Å². The van der Waals surface area contributed by atoms with E-state index < -0.39 is 0 Å². The van der Waals surface area contributed by atoms with E-state index in [9.17, 15) is 0 Å². The van der Waals surface area contributed by atoms with Crippen LogP contribution in [0, 0.1) is 6.92 Å². The largest absolute Gasteiger partial charge is 0.340 e. The molecule has 1 aliphatic rings. The molecule has 1 saturated heterocycles. The molecule has 1 unspecified atom stereocenters. The van der Waals surface area contributed by atoms with Crippen LogP contribution in [0.3, 0.4) is 0 Å². The quantitative estimate of drug-likeness (QED) is 0.844. The van der Waals surface area contributed by atoms with Crippen LogP contribution in [0.4, 0.5) is 5.95 Å². The van der Waals surface area contributed by atoms with Gasteiger partial charge in [-0.2, -0.15) is 0 Å². The Kier molecular flexibility index (Phi) is 4.63. The van der Waals surface area contributed by atoms with Gasteiger partial charge in [-0.15, -0.1) is 0 Å². The van der Waals surface area contributed by atoms with E-state index in [-0.39, 0.29) is 0 Å². The molecule has 0 N–H and O–H groups in total. The minimum Gasteiger partial charge on any atom is -0.340 e. The van der Waals surface area contributed by atoms with Crippen LogP contribution >= 0.6 is 0 Å². The molecule has 1 fully saturated rings. The van der Waals surface area contributed by atoms with Crippen molar-refractivity contribution in [3.05, 3.63) is 48.0 Å². The van der Waals surface area contributed by atoms with E-state index in [0.717, 1.165) is 44.1 Å². The topological polar surface area (TPSA) is 45.2 Å². The number of likely N-dealkylation sites (tertiary alicyclic amines) is 1. The first-order valence-electron chi connectivity index (χ1n) is 7.87. The monoisotopic (exact) mass is 297 g/mol. The summed E-state index contributed by atoms with van der Waals surface area (Å²) in [5.41, 5.74) is 2.28. The summed E-state index contributed by atoms with van der Waals surface area (Å²) < 4.78 is 0. The highest BCUT2D eigenvalue weighted by Gasteiger charge is 2.26. The molecule has 0 radical (unpaired) electrons. The fourth-order valence-electron chi connectivity index (χ4n) is 2.98. The van der Waals surface area contributed by atoms with Crippen molar-refractivity contribution in [2.45, 2.75) is 25.8 Å². The second-order valence-corrected chi connectivity index (χ2v) is 5.92. The van der Waals surface area contributed by atoms with Gasteiger partial charge in [-0.1, -0.05) is 6.07 Å². The SMILES string of the molecule is Cc1cccc(CCN2CCC(N(C)c3ncccn3)C2)n1.